The zero-order chi connectivity index (χ0) is 13.5. The predicted molar refractivity (Wildman–Crippen MR) is 74.3 cm³/mol. The van der Waals surface area contributed by atoms with Crippen LogP contribution in [0.4, 0.5) is 4.39 Å². The van der Waals surface area contributed by atoms with Crippen molar-refractivity contribution in [1.29, 1.82) is 0 Å². The van der Waals surface area contributed by atoms with E-state index in [9.17, 15) is 4.39 Å². The van der Waals surface area contributed by atoms with Crippen molar-refractivity contribution in [3.8, 4) is 0 Å². The van der Waals surface area contributed by atoms with Gasteiger partial charge in [-0.25, -0.2) is 4.39 Å². The van der Waals surface area contributed by atoms with Crippen LogP contribution in [0.5, 0.6) is 0 Å². The molecule has 3 rings (SSSR count). The highest BCUT2D eigenvalue weighted by Crippen LogP contribution is 2.39. The van der Waals surface area contributed by atoms with Crippen LogP contribution < -0.4 is 5.73 Å². The van der Waals surface area contributed by atoms with Crippen molar-refractivity contribution in [2.45, 2.75) is 44.2 Å². The molecule has 1 atom stereocenters. The molecule has 0 saturated heterocycles. The Kier molecular flexibility index (Phi) is 2.96. The van der Waals surface area contributed by atoms with Gasteiger partial charge >= 0.3 is 0 Å². The average molecular weight is 261 g/mol. The first-order chi connectivity index (χ1) is 9.13. The minimum Gasteiger partial charge on any atom is -0.370 e. The van der Waals surface area contributed by atoms with Gasteiger partial charge in [0.25, 0.3) is 0 Å². The molecule has 0 aromatic heterocycles. The zero-order valence-corrected chi connectivity index (χ0v) is 11.3. The third-order valence-electron chi connectivity index (χ3n) is 4.47. The van der Waals surface area contributed by atoms with Gasteiger partial charge in [-0.05, 0) is 25.8 Å². The first-order valence-corrected chi connectivity index (χ1v) is 6.97. The first kappa shape index (κ1) is 12.5. The molecule has 102 valence electrons. The van der Waals surface area contributed by atoms with E-state index in [1.54, 1.807) is 6.07 Å². The molecule has 1 fully saturated rings. The van der Waals surface area contributed by atoms with Crippen LogP contribution >= 0.6 is 0 Å². The van der Waals surface area contributed by atoms with Gasteiger partial charge in [-0.3, -0.25) is 4.99 Å². The number of aliphatic imine (C=N–C) groups is 1. The summed E-state index contributed by atoms with van der Waals surface area (Å²) in [6.45, 7) is 2.59. The molecule has 4 heteroatoms. The summed E-state index contributed by atoms with van der Waals surface area (Å²) in [4.78, 5) is 6.54. The molecule has 1 unspecified atom stereocenters. The lowest BCUT2D eigenvalue weighted by atomic mass is 9.89. The number of nitrogens with zero attached hydrogens (tertiary/aromatic N) is 2. The lowest BCUT2D eigenvalue weighted by Gasteiger charge is -2.41. The van der Waals surface area contributed by atoms with Gasteiger partial charge in [0.2, 0.25) is 0 Å². The van der Waals surface area contributed by atoms with E-state index in [4.69, 9.17) is 5.73 Å². The van der Waals surface area contributed by atoms with E-state index >= 15 is 0 Å². The minimum absolute atomic E-state index is 0.169. The molecule has 1 aromatic rings. The highest BCUT2D eigenvalue weighted by Gasteiger charge is 2.45. The summed E-state index contributed by atoms with van der Waals surface area (Å²) in [7, 11) is 0. The van der Waals surface area contributed by atoms with E-state index in [0.29, 0.717) is 24.1 Å². The quantitative estimate of drug-likeness (QED) is 0.889. The third-order valence-corrected chi connectivity index (χ3v) is 4.47. The van der Waals surface area contributed by atoms with Gasteiger partial charge < -0.3 is 10.6 Å². The van der Waals surface area contributed by atoms with Crippen molar-refractivity contribution < 1.29 is 4.39 Å². The van der Waals surface area contributed by atoms with Crippen molar-refractivity contribution in [2.75, 3.05) is 6.54 Å². The molecule has 2 aliphatic rings. The van der Waals surface area contributed by atoms with E-state index in [1.165, 1.54) is 18.9 Å². The molecule has 1 aliphatic heterocycles. The SMILES string of the molecule is CC1(c2ccccc2F)CN=C(N)N1C1CCCC1. The Morgan fingerprint density at radius 2 is 2.00 bits per heavy atom. The fourth-order valence-corrected chi connectivity index (χ4v) is 3.51. The number of rotatable bonds is 2. The molecule has 1 aromatic carbocycles. The first-order valence-electron chi connectivity index (χ1n) is 6.97. The molecule has 19 heavy (non-hydrogen) atoms. The number of hydrogen-bond donors (Lipinski definition) is 1. The third kappa shape index (κ3) is 1.90. The fourth-order valence-electron chi connectivity index (χ4n) is 3.51. The Morgan fingerprint density at radius 1 is 1.32 bits per heavy atom. The molecular formula is C15H20FN3. The van der Waals surface area contributed by atoms with Gasteiger partial charge in [0, 0.05) is 11.6 Å². The topological polar surface area (TPSA) is 41.6 Å². The van der Waals surface area contributed by atoms with Crippen molar-refractivity contribution in [1.82, 2.24) is 4.90 Å². The second kappa shape index (κ2) is 4.51. The smallest absolute Gasteiger partial charge is 0.192 e. The second-order valence-corrected chi connectivity index (χ2v) is 5.74. The highest BCUT2D eigenvalue weighted by atomic mass is 19.1. The number of guanidine groups is 1. The maximum Gasteiger partial charge on any atom is 0.192 e. The lowest BCUT2D eigenvalue weighted by molar-refractivity contribution is 0.162. The highest BCUT2D eigenvalue weighted by molar-refractivity contribution is 5.81. The van der Waals surface area contributed by atoms with Crippen molar-refractivity contribution >= 4 is 5.96 Å². The Hall–Kier alpha value is -1.58. The molecular weight excluding hydrogens is 241 g/mol. The Morgan fingerprint density at radius 3 is 2.68 bits per heavy atom. The van der Waals surface area contributed by atoms with Crippen LogP contribution in [0.15, 0.2) is 29.3 Å². The van der Waals surface area contributed by atoms with E-state index < -0.39 is 5.54 Å². The summed E-state index contributed by atoms with van der Waals surface area (Å²) >= 11 is 0. The van der Waals surface area contributed by atoms with Crippen LogP contribution in [-0.2, 0) is 5.54 Å². The maximum atomic E-state index is 14.2. The lowest BCUT2D eigenvalue weighted by Crippen LogP contribution is -2.52. The van der Waals surface area contributed by atoms with Gasteiger partial charge in [-0.2, -0.15) is 0 Å². The Balaban J connectivity index is 2.00. The van der Waals surface area contributed by atoms with E-state index in [-0.39, 0.29) is 5.82 Å². The molecule has 3 nitrogen and oxygen atoms in total. The van der Waals surface area contributed by atoms with Crippen LogP contribution in [0.2, 0.25) is 0 Å². The summed E-state index contributed by atoms with van der Waals surface area (Å²) in [6, 6.07) is 7.37. The molecule has 1 heterocycles. The molecule has 1 saturated carbocycles. The summed E-state index contributed by atoms with van der Waals surface area (Å²) in [5.74, 6) is 0.399. The monoisotopic (exact) mass is 261 g/mol. The van der Waals surface area contributed by atoms with Crippen molar-refractivity contribution in [2.24, 2.45) is 10.7 Å². The number of benzene rings is 1. The van der Waals surface area contributed by atoms with Crippen LogP contribution in [0.3, 0.4) is 0 Å². The standard InChI is InChI=1S/C15H20FN3/c1-15(12-8-4-5-9-13(12)16)10-18-14(17)19(15)11-6-2-3-7-11/h4-5,8-9,11H,2-3,6-7,10H2,1H3,(H2,17,18). The van der Waals surface area contributed by atoms with Crippen LogP contribution in [0, 0.1) is 5.82 Å². The van der Waals surface area contributed by atoms with Crippen LogP contribution in [-0.4, -0.2) is 23.4 Å². The molecule has 0 radical (unpaired) electrons. The second-order valence-electron chi connectivity index (χ2n) is 5.74. The molecule has 2 N–H and O–H groups in total. The van der Waals surface area contributed by atoms with E-state index in [1.807, 2.05) is 19.1 Å². The summed E-state index contributed by atoms with van der Waals surface area (Å²) in [5, 5.41) is 0. The predicted octanol–water partition coefficient (Wildman–Crippen LogP) is 2.61. The van der Waals surface area contributed by atoms with Gasteiger partial charge in [-0.15, -0.1) is 0 Å². The zero-order valence-electron chi connectivity index (χ0n) is 11.3. The number of hydrogen-bond acceptors (Lipinski definition) is 3. The maximum absolute atomic E-state index is 14.2. The van der Waals surface area contributed by atoms with E-state index in [2.05, 4.69) is 9.89 Å². The fraction of sp³-hybridized carbons (Fsp3) is 0.533. The summed E-state index contributed by atoms with van der Waals surface area (Å²) in [6.07, 6.45) is 4.70. The summed E-state index contributed by atoms with van der Waals surface area (Å²) < 4.78 is 14.2. The molecule has 0 bridgehead atoms. The molecule has 0 amide bonds. The minimum atomic E-state index is -0.440. The van der Waals surface area contributed by atoms with Crippen molar-refractivity contribution in [3.05, 3.63) is 35.6 Å². The van der Waals surface area contributed by atoms with Crippen LogP contribution in [0.25, 0.3) is 0 Å². The van der Waals surface area contributed by atoms with Gasteiger partial charge in [-0.1, -0.05) is 31.0 Å². The molecule has 1 aliphatic carbocycles. The number of nitrogens with two attached hydrogens (primary N) is 1. The largest absolute Gasteiger partial charge is 0.370 e. The van der Waals surface area contributed by atoms with Gasteiger partial charge in [0.15, 0.2) is 5.96 Å². The van der Waals surface area contributed by atoms with Gasteiger partial charge in [0.05, 0.1) is 12.1 Å². The normalized spacial score (nSPS) is 27.9. The number of halogens is 1. The Labute approximate surface area is 113 Å². The van der Waals surface area contributed by atoms with Gasteiger partial charge in [0.1, 0.15) is 5.82 Å². The van der Waals surface area contributed by atoms with Crippen LogP contribution in [0.1, 0.15) is 38.2 Å². The Bertz CT molecular complexity index is 508. The average Bonchev–Trinajstić information content (AvgIpc) is 2.99. The van der Waals surface area contributed by atoms with Crippen molar-refractivity contribution in [3.63, 3.8) is 0 Å². The summed E-state index contributed by atoms with van der Waals surface area (Å²) in [5.41, 5.74) is 6.34. The molecule has 0 spiro atoms. The van der Waals surface area contributed by atoms with E-state index in [0.717, 1.165) is 12.8 Å².